The first-order chi connectivity index (χ1) is 5.81. The second kappa shape index (κ2) is 8.58. The smallest absolute Gasteiger partial charge is 0.0782 e. The first-order valence-corrected chi connectivity index (χ1v) is 4.46. The fourth-order valence-electron chi connectivity index (χ4n) is 0.811. The summed E-state index contributed by atoms with van der Waals surface area (Å²) < 4.78 is 5.18. The van der Waals surface area contributed by atoms with Crippen LogP contribution in [0.2, 0.25) is 0 Å². The van der Waals surface area contributed by atoms with Gasteiger partial charge < -0.3 is 9.84 Å². The zero-order valence-electron chi connectivity index (χ0n) is 7.97. The maximum absolute atomic E-state index is 9.31. The molecule has 2 heteroatoms. The number of hydrogen-bond donors (Lipinski definition) is 1. The number of rotatable bonds is 6. The van der Waals surface area contributed by atoms with E-state index in [0.717, 1.165) is 19.4 Å². The van der Waals surface area contributed by atoms with Gasteiger partial charge in [0.2, 0.25) is 0 Å². The molecule has 0 aliphatic carbocycles. The van der Waals surface area contributed by atoms with Crippen molar-refractivity contribution in [3.05, 3.63) is 0 Å². The maximum Gasteiger partial charge on any atom is 0.0782 e. The third-order valence-electron chi connectivity index (χ3n) is 1.44. The summed E-state index contributed by atoms with van der Waals surface area (Å²) in [7, 11) is 0. The monoisotopic (exact) mass is 170 g/mol. The molecule has 0 aromatic heterocycles. The minimum atomic E-state index is -0.350. The van der Waals surface area contributed by atoms with E-state index in [9.17, 15) is 5.11 Å². The number of hydrogen-bond acceptors (Lipinski definition) is 2. The number of aliphatic hydroxyl groups excluding tert-OH is 1. The molecule has 1 unspecified atom stereocenters. The summed E-state index contributed by atoms with van der Waals surface area (Å²) in [5, 5.41) is 9.31. The minimum absolute atomic E-state index is 0.350. The molecule has 0 amide bonds. The molecule has 0 saturated carbocycles. The Labute approximate surface area is 74.9 Å². The average Bonchev–Trinajstić information content (AvgIpc) is 2.06. The van der Waals surface area contributed by atoms with Crippen molar-refractivity contribution in [3.8, 4) is 11.8 Å². The van der Waals surface area contributed by atoms with Crippen molar-refractivity contribution in [1.29, 1.82) is 0 Å². The molecule has 0 aliphatic heterocycles. The van der Waals surface area contributed by atoms with Gasteiger partial charge in [-0.2, -0.15) is 0 Å². The normalized spacial score (nSPS) is 11.9. The van der Waals surface area contributed by atoms with Crippen LogP contribution in [0, 0.1) is 11.8 Å². The zero-order chi connectivity index (χ0) is 9.23. The van der Waals surface area contributed by atoms with Crippen LogP contribution in [-0.2, 0) is 4.74 Å². The van der Waals surface area contributed by atoms with Crippen LogP contribution >= 0.6 is 0 Å². The topological polar surface area (TPSA) is 29.5 Å². The molecule has 0 aromatic carbocycles. The van der Waals surface area contributed by atoms with Gasteiger partial charge >= 0.3 is 0 Å². The average molecular weight is 170 g/mol. The van der Waals surface area contributed by atoms with Crippen molar-refractivity contribution in [3.63, 3.8) is 0 Å². The molecule has 0 saturated heterocycles. The van der Waals surface area contributed by atoms with Crippen molar-refractivity contribution < 1.29 is 9.84 Å². The Bertz CT molecular complexity index is 144. The van der Waals surface area contributed by atoms with Crippen molar-refractivity contribution >= 4 is 0 Å². The number of ether oxygens (including phenoxy) is 1. The van der Waals surface area contributed by atoms with Gasteiger partial charge in [-0.3, -0.25) is 0 Å². The van der Waals surface area contributed by atoms with Crippen LogP contribution in [0.25, 0.3) is 0 Å². The summed E-state index contributed by atoms with van der Waals surface area (Å²) >= 11 is 0. The zero-order valence-corrected chi connectivity index (χ0v) is 7.97. The molecule has 0 aromatic rings. The molecular weight excluding hydrogens is 152 g/mol. The van der Waals surface area contributed by atoms with Crippen LogP contribution in [-0.4, -0.2) is 24.4 Å². The largest absolute Gasteiger partial charge is 0.391 e. The lowest BCUT2D eigenvalue weighted by molar-refractivity contribution is 0.0336. The predicted octanol–water partition coefficient (Wildman–Crippen LogP) is 1.58. The molecule has 0 rings (SSSR count). The molecule has 0 radical (unpaired) electrons. The maximum atomic E-state index is 9.31. The first-order valence-electron chi connectivity index (χ1n) is 4.46. The Morgan fingerprint density at radius 1 is 1.50 bits per heavy atom. The van der Waals surface area contributed by atoms with E-state index < -0.39 is 0 Å². The highest BCUT2D eigenvalue weighted by molar-refractivity contribution is 4.94. The standard InChI is InChI=1S/C10H18O2/c1-3-5-6-7-10(11)9-12-8-4-2/h10-11H,4,6-9H2,1-2H3. The summed E-state index contributed by atoms with van der Waals surface area (Å²) in [5.41, 5.74) is 0. The molecule has 1 N–H and O–H groups in total. The Morgan fingerprint density at radius 3 is 2.83 bits per heavy atom. The molecule has 1 atom stereocenters. The summed E-state index contributed by atoms with van der Waals surface area (Å²) in [6, 6.07) is 0. The van der Waals surface area contributed by atoms with Gasteiger partial charge in [0.1, 0.15) is 0 Å². The molecule has 0 spiro atoms. The third kappa shape index (κ3) is 7.59. The Morgan fingerprint density at radius 2 is 2.25 bits per heavy atom. The Kier molecular flexibility index (Phi) is 8.20. The van der Waals surface area contributed by atoms with Crippen LogP contribution in [0.1, 0.15) is 33.1 Å². The van der Waals surface area contributed by atoms with Crippen LogP contribution < -0.4 is 0 Å². The minimum Gasteiger partial charge on any atom is -0.391 e. The summed E-state index contributed by atoms with van der Waals surface area (Å²) in [6.45, 7) is 5.03. The van der Waals surface area contributed by atoms with Gasteiger partial charge in [-0.25, -0.2) is 0 Å². The van der Waals surface area contributed by atoms with Gasteiger partial charge in [0.25, 0.3) is 0 Å². The van der Waals surface area contributed by atoms with Gasteiger partial charge in [-0.05, 0) is 19.8 Å². The Balaban J connectivity index is 3.19. The van der Waals surface area contributed by atoms with Crippen LogP contribution in [0.5, 0.6) is 0 Å². The highest BCUT2D eigenvalue weighted by Crippen LogP contribution is 1.96. The fraction of sp³-hybridized carbons (Fsp3) is 0.800. The Hall–Kier alpha value is -0.520. The van der Waals surface area contributed by atoms with E-state index >= 15 is 0 Å². The first kappa shape index (κ1) is 11.5. The summed E-state index contributed by atoms with van der Waals surface area (Å²) in [5.74, 6) is 5.69. The van der Waals surface area contributed by atoms with E-state index in [-0.39, 0.29) is 6.10 Å². The highest BCUT2D eigenvalue weighted by Gasteiger charge is 2.01. The van der Waals surface area contributed by atoms with Gasteiger partial charge in [0, 0.05) is 13.0 Å². The SMILES string of the molecule is CC#CCCC(O)COCCC. The van der Waals surface area contributed by atoms with Gasteiger partial charge in [-0.15, -0.1) is 11.8 Å². The lowest BCUT2D eigenvalue weighted by Gasteiger charge is -2.08. The van der Waals surface area contributed by atoms with Crippen molar-refractivity contribution in [2.45, 2.75) is 39.2 Å². The molecule has 0 bridgehead atoms. The van der Waals surface area contributed by atoms with Crippen molar-refractivity contribution in [2.24, 2.45) is 0 Å². The van der Waals surface area contributed by atoms with E-state index in [1.54, 1.807) is 6.92 Å². The van der Waals surface area contributed by atoms with Crippen LogP contribution in [0.3, 0.4) is 0 Å². The van der Waals surface area contributed by atoms with E-state index in [4.69, 9.17) is 4.74 Å². The molecule has 2 nitrogen and oxygen atoms in total. The molecule has 70 valence electrons. The molecule has 0 aliphatic rings. The van der Waals surface area contributed by atoms with Gasteiger partial charge in [0.15, 0.2) is 0 Å². The van der Waals surface area contributed by atoms with E-state index in [1.807, 2.05) is 0 Å². The fourth-order valence-corrected chi connectivity index (χ4v) is 0.811. The lowest BCUT2D eigenvalue weighted by Crippen LogP contribution is -2.15. The lowest BCUT2D eigenvalue weighted by atomic mass is 10.2. The van der Waals surface area contributed by atoms with Crippen LogP contribution in [0.4, 0.5) is 0 Å². The van der Waals surface area contributed by atoms with Crippen molar-refractivity contribution in [1.82, 2.24) is 0 Å². The van der Waals surface area contributed by atoms with E-state index in [2.05, 4.69) is 18.8 Å². The highest BCUT2D eigenvalue weighted by atomic mass is 16.5. The number of aliphatic hydroxyl groups is 1. The van der Waals surface area contributed by atoms with E-state index in [1.165, 1.54) is 0 Å². The molecule has 0 fully saturated rings. The predicted molar refractivity (Wildman–Crippen MR) is 49.8 cm³/mol. The van der Waals surface area contributed by atoms with Crippen LogP contribution in [0.15, 0.2) is 0 Å². The van der Waals surface area contributed by atoms with Gasteiger partial charge in [0.05, 0.1) is 12.7 Å². The molecule has 12 heavy (non-hydrogen) atoms. The quantitative estimate of drug-likeness (QED) is 0.484. The summed E-state index contributed by atoms with van der Waals surface area (Å²) in [6.07, 6.45) is 2.12. The third-order valence-corrected chi connectivity index (χ3v) is 1.44. The van der Waals surface area contributed by atoms with Gasteiger partial charge in [-0.1, -0.05) is 6.92 Å². The summed E-state index contributed by atoms with van der Waals surface area (Å²) in [4.78, 5) is 0. The van der Waals surface area contributed by atoms with Crippen molar-refractivity contribution in [2.75, 3.05) is 13.2 Å². The molecular formula is C10H18O2. The second-order valence-electron chi connectivity index (χ2n) is 2.69. The second-order valence-corrected chi connectivity index (χ2v) is 2.69. The van der Waals surface area contributed by atoms with E-state index in [0.29, 0.717) is 13.0 Å². The molecule has 0 heterocycles.